The highest BCUT2D eigenvalue weighted by molar-refractivity contribution is 8.26. The maximum Gasteiger partial charge on any atom is 0.267 e. The fourth-order valence-corrected chi connectivity index (χ4v) is 4.59. The van der Waals surface area contributed by atoms with Crippen LogP contribution in [0.5, 0.6) is 0 Å². The van der Waals surface area contributed by atoms with Gasteiger partial charge in [0, 0.05) is 5.56 Å². The molecule has 0 saturated carbocycles. The van der Waals surface area contributed by atoms with E-state index in [0.29, 0.717) is 22.1 Å². The Morgan fingerprint density at radius 1 is 0.964 bits per heavy atom. The molecule has 0 radical (unpaired) electrons. The zero-order valence-electron chi connectivity index (χ0n) is 14.6. The quantitative estimate of drug-likeness (QED) is 0.619. The van der Waals surface area contributed by atoms with Crippen LogP contribution < -0.4 is 10.6 Å². The number of nitrogens with zero attached hydrogens (tertiary/aromatic N) is 2. The maximum absolute atomic E-state index is 13.1. The van der Waals surface area contributed by atoms with Gasteiger partial charge in [-0.05, 0) is 11.6 Å². The largest absolute Gasteiger partial charge is 0.368 e. The first-order chi connectivity index (χ1) is 13.5. The molecule has 3 amide bonds. The van der Waals surface area contributed by atoms with E-state index in [-0.39, 0.29) is 22.9 Å². The van der Waals surface area contributed by atoms with E-state index in [1.165, 1.54) is 9.80 Å². The second kappa shape index (κ2) is 7.21. The van der Waals surface area contributed by atoms with Gasteiger partial charge in [0.05, 0.1) is 22.7 Å². The van der Waals surface area contributed by atoms with Crippen LogP contribution in [-0.4, -0.2) is 33.5 Å². The molecular formula is C20H15N3O3S2. The van der Waals surface area contributed by atoms with Gasteiger partial charge in [0.2, 0.25) is 5.91 Å². The number of thioether (sulfide) groups is 1. The summed E-state index contributed by atoms with van der Waals surface area (Å²) in [5.41, 5.74) is 7.68. The lowest BCUT2D eigenvalue weighted by atomic mass is 10.1. The van der Waals surface area contributed by atoms with Gasteiger partial charge in [0.1, 0.15) is 10.9 Å². The van der Waals surface area contributed by atoms with Crippen molar-refractivity contribution >= 4 is 57.3 Å². The first-order valence-corrected chi connectivity index (χ1v) is 9.71. The molecule has 0 aromatic heterocycles. The summed E-state index contributed by atoms with van der Waals surface area (Å²) in [5.74, 6) is -1.35. The van der Waals surface area contributed by atoms with Crippen molar-refractivity contribution in [1.82, 2.24) is 4.90 Å². The summed E-state index contributed by atoms with van der Waals surface area (Å²) in [4.78, 5) is 40.6. The lowest BCUT2D eigenvalue weighted by molar-refractivity contribution is -0.122. The lowest BCUT2D eigenvalue weighted by Crippen LogP contribution is -2.36. The third-order valence-electron chi connectivity index (χ3n) is 4.50. The van der Waals surface area contributed by atoms with Crippen LogP contribution in [0.1, 0.15) is 11.1 Å². The number of anilines is 1. The SMILES string of the molecule is NC(=O)CN1C(=O)/C(=C2/SC(=S)N(Cc3ccccc3)C2=O)c2ccccc21. The molecule has 2 aliphatic rings. The number of primary amides is 1. The van der Waals surface area contributed by atoms with Crippen LogP contribution in [0.2, 0.25) is 0 Å². The number of para-hydroxylation sites is 1. The monoisotopic (exact) mass is 409 g/mol. The molecule has 2 aliphatic heterocycles. The van der Waals surface area contributed by atoms with Gasteiger partial charge >= 0.3 is 0 Å². The Morgan fingerprint density at radius 2 is 1.64 bits per heavy atom. The van der Waals surface area contributed by atoms with Crippen LogP contribution in [-0.2, 0) is 20.9 Å². The van der Waals surface area contributed by atoms with Gasteiger partial charge < -0.3 is 5.73 Å². The van der Waals surface area contributed by atoms with Gasteiger partial charge in [0.25, 0.3) is 11.8 Å². The predicted octanol–water partition coefficient (Wildman–Crippen LogP) is 2.29. The van der Waals surface area contributed by atoms with Crippen LogP contribution in [0.4, 0.5) is 5.69 Å². The number of thiocarbonyl (C=S) groups is 1. The van der Waals surface area contributed by atoms with Gasteiger partial charge in [-0.1, -0.05) is 72.5 Å². The van der Waals surface area contributed by atoms with E-state index in [0.717, 1.165) is 17.3 Å². The number of benzene rings is 2. The minimum absolute atomic E-state index is 0.246. The number of carbonyl (C=O) groups is 3. The smallest absolute Gasteiger partial charge is 0.267 e. The molecule has 2 aromatic carbocycles. The van der Waals surface area contributed by atoms with Crippen molar-refractivity contribution in [3.8, 4) is 0 Å². The van der Waals surface area contributed by atoms with Crippen molar-refractivity contribution in [2.45, 2.75) is 6.54 Å². The van der Waals surface area contributed by atoms with E-state index in [1.54, 1.807) is 24.3 Å². The van der Waals surface area contributed by atoms with Crippen molar-refractivity contribution in [3.63, 3.8) is 0 Å². The van der Waals surface area contributed by atoms with E-state index < -0.39 is 11.8 Å². The van der Waals surface area contributed by atoms with Gasteiger partial charge in [0.15, 0.2) is 0 Å². The summed E-state index contributed by atoms with van der Waals surface area (Å²) >= 11 is 6.51. The van der Waals surface area contributed by atoms with Gasteiger partial charge in [-0.2, -0.15) is 0 Å². The van der Waals surface area contributed by atoms with Crippen LogP contribution in [0.3, 0.4) is 0 Å². The Labute approximate surface area is 171 Å². The zero-order chi connectivity index (χ0) is 19.8. The Hall–Kier alpha value is -2.97. The van der Waals surface area contributed by atoms with Gasteiger partial charge in [-0.3, -0.25) is 24.2 Å². The van der Waals surface area contributed by atoms with Crippen LogP contribution in [0.15, 0.2) is 59.5 Å². The Kier molecular flexibility index (Phi) is 4.74. The average Bonchev–Trinajstić information content (AvgIpc) is 3.10. The second-order valence-corrected chi connectivity index (χ2v) is 7.97. The lowest BCUT2D eigenvalue weighted by Gasteiger charge is -2.15. The molecule has 0 unspecified atom stereocenters. The fourth-order valence-electron chi connectivity index (χ4n) is 3.26. The third-order valence-corrected chi connectivity index (χ3v) is 5.95. The molecule has 1 saturated heterocycles. The van der Waals surface area contributed by atoms with E-state index in [9.17, 15) is 14.4 Å². The molecule has 28 heavy (non-hydrogen) atoms. The van der Waals surface area contributed by atoms with Crippen molar-refractivity contribution in [2.24, 2.45) is 5.73 Å². The summed E-state index contributed by atoms with van der Waals surface area (Å²) < 4.78 is 0.398. The minimum Gasteiger partial charge on any atom is -0.368 e. The molecule has 0 bridgehead atoms. The molecule has 0 aliphatic carbocycles. The Balaban J connectivity index is 1.74. The van der Waals surface area contributed by atoms with E-state index in [1.807, 2.05) is 30.3 Å². The normalized spacial score (nSPS) is 18.8. The van der Waals surface area contributed by atoms with Crippen LogP contribution in [0, 0.1) is 0 Å². The summed E-state index contributed by atoms with van der Waals surface area (Å²) in [7, 11) is 0. The highest BCUT2D eigenvalue weighted by Crippen LogP contribution is 2.44. The van der Waals surface area contributed by atoms with Crippen molar-refractivity contribution in [2.75, 3.05) is 11.4 Å². The van der Waals surface area contributed by atoms with Gasteiger partial charge in [-0.15, -0.1) is 0 Å². The molecule has 0 atom stereocenters. The number of amides is 3. The van der Waals surface area contributed by atoms with Crippen LogP contribution in [0.25, 0.3) is 5.57 Å². The zero-order valence-corrected chi connectivity index (χ0v) is 16.3. The standard InChI is InChI=1S/C20H15N3O3S2/c21-15(24)11-22-14-9-5-4-8-13(14)16(18(22)25)17-19(26)23(20(27)28-17)10-12-6-2-1-3-7-12/h1-9H,10-11H2,(H2,21,24)/b17-16+. The number of carbonyl (C=O) groups excluding carboxylic acids is 3. The van der Waals surface area contributed by atoms with Crippen LogP contribution >= 0.6 is 24.0 Å². The number of rotatable bonds is 4. The summed E-state index contributed by atoms with van der Waals surface area (Å²) in [5, 5.41) is 0. The minimum atomic E-state index is -0.624. The Bertz CT molecular complexity index is 1050. The molecule has 6 nitrogen and oxygen atoms in total. The molecule has 0 spiro atoms. The second-order valence-electron chi connectivity index (χ2n) is 6.32. The number of hydrogen-bond donors (Lipinski definition) is 1. The molecule has 2 heterocycles. The van der Waals surface area contributed by atoms with Gasteiger partial charge in [-0.25, -0.2) is 0 Å². The van der Waals surface area contributed by atoms with E-state index in [4.69, 9.17) is 18.0 Å². The third kappa shape index (κ3) is 3.10. The fraction of sp³-hybridized carbons (Fsp3) is 0.100. The molecular weight excluding hydrogens is 394 g/mol. The summed E-state index contributed by atoms with van der Waals surface area (Å²) in [6, 6.07) is 16.5. The molecule has 140 valence electrons. The van der Waals surface area contributed by atoms with Crippen molar-refractivity contribution < 1.29 is 14.4 Å². The molecule has 1 fully saturated rings. The molecule has 2 aromatic rings. The summed E-state index contributed by atoms with van der Waals surface area (Å²) in [6.07, 6.45) is 0. The molecule has 4 rings (SSSR count). The highest BCUT2D eigenvalue weighted by atomic mass is 32.2. The number of fused-ring (bicyclic) bond motifs is 1. The maximum atomic E-state index is 13.1. The molecule has 8 heteroatoms. The molecule has 2 N–H and O–H groups in total. The highest BCUT2D eigenvalue weighted by Gasteiger charge is 2.42. The number of hydrogen-bond acceptors (Lipinski definition) is 5. The van der Waals surface area contributed by atoms with Crippen molar-refractivity contribution in [3.05, 3.63) is 70.6 Å². The average molecular weight is 409 g/mol. The summed E-state index contributed by atoms with van der Waals surface area (Å²) in [6.45, 7) is 0.0901. The first kappa shape index (κ1) is 18.4. The van der Waals surface area contributed by atoms with Crippen molar-refractivity contribution in [1.29, 1.82) is 0 Å². The Morgan fingerprint density at radius 3 is 2.36 bits per heavy atom. The number of nitrogens with two attached hydrogens (primary N) is 1. The van der Waals surface area contributed by atoms with E-state index in [2.05, 4.69) is 0 Å². The van der Waals surface area contributed by atoms with E-state index >= 15 is 0 Å². The first-order valence-electron chi connectivity index (χ1n) is 8.49. The topological polar surface area (TPSA) is 83.7 Å². The predicted molar refractivity (Wildman–Crippen MR) is 112 cm³/mol.